The molecule has 3 rings (SSSR count). The van der Waals surface area contributed by atoms with Crippen LogP contribution in [0.2, 0.25) is 5.02 Å². The number of carbonyl (C=O) groups is 1. The number of carbonyl (C=O) groups excluding carboxylic acids is 1. The highest BCUT2D eigenvalue weighted by Crippen LogP contribution is 2.27. The third-order valence-corrected chi connectivity index (χ3v) is 6.55. The lowest BCUT2D eigenvalue weighted by atomic mass is 9.94. The number of hydrogen-bond acceptors (Lipinski definition) is 3. The Kier molecular flexibility index (Phi) is 7.03. The average Bonchev–Trinajstić information content (AvgIpc) is 2.72. The first-order valence-corrected chi connectivity index (χ1v) is 12.1. The van der Waals surface area contributed by atoms with Gasteiger partial charge in [0.1, 0.15) is 6.04 Å². The Morgan fingerprint density at radius 3 is 2.23 bits per heavy atom. The molecule has 0 aliphatic carbocycles. The van der Waals surface area contributed by atoms with Crippen LogP contribution in [0.4, 0.5) is 5.69 Å². The zero-order valence-corrected chi connectivity index (χ0v) is 19.2. The standard InChI is InChI=1S/C24H25ClN2O3S/c1-17-10-7-8-15-22(17)23(19-11-5-4-6-12-19)26-24(28)18(2)27(31(3,29)30)21-14-9-13-20(25)16-21/h4-16,18,23H,1-3H3,(H,26,28)/t18-,23-/m1/s1. The van der Waals surface area contributed by atoms with E-state index in [9.17, 15) is 13.2 Å². The molecule has 0 saturated heterocycles. The normalized spacial score (nSPS) is 13.3. The van der Waals surface area contributed by atoms with E-state index in [1.165, 1.54) is 6.07 Å². The van der Waals surface area contributed by atoms with Crippen molar-refractivity contribution in [3.8, 4) is 0 Å². The molecule has 5 nitrogen and oxygen atoms in total. The number of aryl methyl sites for hydroxylation is 1. The minimum Gasteiger partial charge on any atom is -0.343 e. The Morgan fingerprint density at radius 1 is 0.968 bits per heavy atom. The predicted molar refractivity (Wildman–Crippen MR) is 126 cm³/mol. The largest absolute Gasteiger partial charge is 0.343 e. The van der Waals surface area contributed by atoms with Gasteiger partial charge in [-0.1, -0.05) is 72.3 Å². The molecule has 7 heteroatoms. The van der Waals surface area contributed by atoms with Crippen molar-refractivity contribution in [2.45, 2.75) is 25.9 Å². The van der Waals surface area contributed by atoms with Gasteiger partial charge >= 0.3 is 0 Å². The quantitative estimate of drug-likeness (QED) is 0.560. The summed E-state index contributed by atoms with van der Waals surface area (Å²) in [5.41, 5.74) is 3.22. The van der Waals surface area contributed by atoms with Crippen molar-refractivity contribution >= 4 is 33.2 Å². The maximum atomic E-state index is 13.3. The SMILES string of the molecule is Cc1ccccc1[C@H](NC(=O)[C@@H](C)N(c1cccc(Cl)c1)S(C)(=O)=O)c1ccccc1. The van der Waals surface area contributed by atoms with Gasteiger partial charge in [-0.05, 0) is 48.7 Å². The summed E-state index contributed by atoms with van der Waals surface area (Å²) in [6.45, 7) is 3.55. The van der Waals surface area contributed by atoms with Crippen LogP contribution in [-0.2, 0) is 14.8 Å². The van der Waals surface area contributed by atoms with Crippen LogP contribution < -0.4 is 9.62 Å². The number of hydrogen-bond donors (Lipinski definition) is 1. The van der Waals surface area contributed by atoms with Crippen molar-refractivity contribution in [2.75, 3.05) is 10.6 Å². The van der Waals surface area contributed by atoms with Gasteiger partial charge in [-0.3, -0.25) is 9.10 Å². The van der Waals surface area contributed by atoms with Gasteiger partial charge in [0.15, 0.2) is 0 Å². The van der Waals surface area contributed by atoms with Gasteiger partial charge in [-0.25, -0.2) is 8.42 Å². The summed E-state index contributed by atoms with van der Waals surface area (Å²) in [6, 6.07) is 22.5. The Bertz CT molecular complexity index is 1170. The molecule has 3 aromatic carbocycles. The summed E-state index contributed by atoms with van der Waals surface area (Å²) >= 11 is 6.06. The molecule has 3 aromatic rings. The van der Waals surface area contributed by atoms with Crippen molar-refractivity contribution in [3.05, 3.63) is 101 Å². The van der Waals surface area contributed by atoms with Gasteiger partial charge in [0.2, 0.25) is 15.9 Å². The van der Waals surface area contributed by atoms with Gasteiger partial charge in [-0.2, -0.15) is 0 Å². The second kappa shape index (κ2) is 9.54. The number of benzene rings is 3. The highest BCUT2D eigenvalue weighted by Gasteiger charge is 2.31. The van der Waals surface area contributed by atoms with Gasteiger partial charge in [0.05, 0.1) is 18.0 Å². The van der Waals surface area contributed by atoms with Crippen LogP contribution in [-0.4, -0.2) is 26.6 Å². The van der Waals surface area contributed by atoms with Crippen LogP contribution >= 0.6 is 11.6 Å². The Balaban J connectivity index is 1.98. The Morgan fingerprint density at radius 2 is 1.61 bits per heavy atom. The minimum absolute atomic E-state index is 0.338. The number of nitrogens with one attached hydrogen (secondary N) is 1. The van der Waals surface area contributed by atoms with E-state index in [0.717, 1.165) is 27.3 Å². The van der Waals surface area contributed by atoms with E-state index >= 15 is 0 Å². The zero-order valence-electron chi connectivity index (χ0n) is 17.6. The summed E-state index contributed by atoms with van der Waals surface area (Å²) in [5.74, 6) is -0.414. The second-order valence-corrected chi connectivity index (χ2v) is 9.72. The fourth-order valence-electron chi connectivity index (χ4n) is 3.58. The zero-order chi connectivity index (χ0) is 22.6. The smallest absolute Gasteiger partial charge is 0.244 e. The molecule has 0 fully saturated rings. The van der Waals surface area contributed by atoms with Crippen LogP contribution in [0, 0.1) is 6.92 Å². The number of amides is 1. The molecular weight excluding hydrogens is 432 g/mol. The lowest BCUT2D eigenvalue weighted by Gasteiger charge is -2.30. The molecule has 1 amide bonds. The van der Waals surface area contributed by atoms with Gasteiger partial charge in [0.25, 0.3) is 0 Å². The first-order valence-electron chi connectivity index (χ1n) is 9.84. The molecule has 0 aliphatic rings. The van der Waals surface area contributed by atoms with Crippen LogP contribution in [0.1, 0.15) is 29.7 Å². The van der Waals surface area contributed by atoms with Crippen molar-refractivity contribution in [1.29, 1.82) is 0 Å². The third kappa shape index (κ3) is 5.46. The summed E-state index contributed by atoms with van der Waals surface area (Å²) in [6.07, 6.45) is 1.08. The van der Waals surface area contributed by atoms with Crippen molar-refractivity contribution in [3.63, 3.8) is 0 Å². The first-order chi connectivity index (χ1) is 14.7. The van der Waals surface area contributed by atoms with Crippen LogP contribution in [0.3, 0.4) is 0 Å². The van der Waals surface area contributed by atoms with E-state index < -0.39 is 28.0 Å². The molecule has 0 spiro atoms. The van der Waals surface area contributed by atoms with Crippen molar-refractivity contribution in [1.82, 2.24) is 5.32 Å². The number of halogens is 1. The molecule has 0 radical (unpaired) electrons. The summed E-state index contributed by atoms with van der Waals surface area (Å²) in [7, 11) is -3.74. The van der Waals surface area contributed by atoms with E-state index in [0.29, 0.717) is 10.7 Å². The van der Waals surface area contributed by atoms with Crippen LogP contribution in [0.15, 0.2) is 78.9 Å². The molecule has 31 heavy (non-hydrogen) atoms. The monoisotopic (exact) mass is 456 g/mol. The van der Waals surface area contributed by atoms with E-state index in [1.54, 1.807) is 25.1 Å². The van der Waals surface area contributed by atoms with E-state index in [-0.39, 0.29) is 0 Å². The minimum atomic E-state index is -3.74. The molecule has 0 saturated carbocycles. The molecule has 0 bridgehead atoms. The van der Waals surface area contributed by atoms with Crippen LogP contribution in [0.25, 0.3) is 0 Å². The molecule has 0 aliphatic heterocycles. The van der Waals surface area contributed by atoms with E-state index in [4.69, 9.17) is 11.6 Å². The summed E-state index contributed by atoms with van der Waals surface area (Å²) < 4.78 is 26.2. The number of sulfonamides is 1. The molecule has 162 valence electrons. The third-order valence-electron chi connectivity index (χ3n) is 5.07. The average molecular weight is 457 g/mol. The fraction of sp³-hybridized carbons (Fsp3) is 0.208. The Labute approximate surface area is 188 Å². The summed E-state index contributed by atoms with van der Waals surface area (Å²) in [5, 5.41) is 3.44. The maximum Gasteiger partial charge on any atom is 0.244 e. The highest BCUT2D eigenvalue weighted by atomic mass is 35.5. The Hall–Kier alpha value is -2.83. The molecule has 1 N–H and O–H groups in total. The first kappa shape index (κ1) is 22.8. The highest BCUT2D eigenvalue weighted by molar-refractivity contribution is 7.92. The van der Waals surface area contributed by atoms with Gasteiger partial charge < -0.3 is 5.32 Å². The molecule has 2 atom stereocenters. The van der Waals surface area contributed by atoms with Crippen molar-refractivity contribution in [2.24, 2.45) is 0 Å². The number of anilines is 1. The van der Waals surface area contributed by atoms with E-state index in [2.05, 4.69) is 5.32 Å². The molecule has 0 unspecified atom stereocenters. The lowest BCUT2D eigenvalue weighted by molar-refractivity contribution is -0.122. The fourth-order valence-corrected chi connectivity index (χ4v) is 4.93. The topological polar surface area (TPSA) is 66.5 Å². The maximum absolute atomic E-state index is 13.3. The molecule has 0 heterocycles. The summed E-state index contributed by atoms with van der Waals surface area (Å²) in [4.78, 5) is 13.3. The molecule has 0 aromatic heterocycles. The van der Waals surface area contributed by atoms with Gasteiger partial charge in [0, 0.05) is 5.02 Å². The van der Waals surface area contributed by atoms with Gasteiger partial charge in [-0.15, -0.1) is 0 Å². The number of nitrogens with zero attached hydrogens (tertiary/aromatic N) is 1. The lowest BCUT2D eigenvalue weighted by Crippen LogP contribution is -2.48. The van der Waals surface area contributed by atoms with Crippen molar-refractivity contribution < 1.29 is 13.2 Å². The number of rotatable bonds is 7. The second-order valence-electron chi connectivity index (χ2n) is 7.42. The van der Waals surface area contributed by atoms with Crippen LogP contribution in [0.5, 0.6) is 0 Å². The van der Waals surface area contributed by atoms with E-state index in [1.807, 2.05) is 61.5 Å². The predicted octanol–water partition coefficient (Wildman–Crippen LogP) is 4.71. The molecular formula is C24H25ClN2O3S.